The third-order valence-corrected chi connectivity index (χ3v) is 6.66. The third-order valence-electron chi connectivity index (χ3n) is 6.66. The van der Waals surface area contributed by atoms with Gasteiger partial charge in [0.1, 0.15) is 17.2 Å². The van der Waals surface area contributed by atoms with E-state index in [2.05, 4.69) is 26.6 Å². The minimum Gasteiger partial charge on any atom is -0.465 e. The summed E-state index contributed by atoms with van der Waals surface area (Å²) in [4.78, 5) is 62.5. The molecule has 0 heterocycles. The van der Waals surface area contributed by atoms with Crippen LogP contribution in [0.1, 0.15) is 80.7 Å². The lowest BCUT2D eigenvalue weighted by molar-refractivity contribution is -0.127. The third kappa shape index (κ3) is 14.4. The van der Waals surface area contributed by atoms with E-state index in [1.54, 1.807) is 92.6 Å². The van der Waals surface area contributed by atoms with Crippen LogP contribution in [0.4, 0.5) is 19.2 Å². The van der Waals surface area contributed by atoms with E-state index in [0.717, 1.165) is 0 Å². The molecule has 0 spiro atoms. The second-order valence-electron chi connectivity index (χ2n) is 13.9. The standard InChI is InChI=1S/C31H51N5O9/c1-28(2,3)31(36-25(40)41,18-20-14-11-10-12-15-20)22(35-24(38)39)23(37)33-19-21(34-27(43)45-30(7,8)9)16-13-17-32-26(42)44-29(4,5)6/h10-12,14-15,21-22,35-36H,13,16-19H2,1-9H3,(H,32,42)(H,33,37)(H,34,43)(H,38,39)(H,40,41)/t21-,22+,31?/m0/s1. The van der Waals surface area contributed by atoms with Gasteiger partial charge in [0.05, 0.1) is 5.54 Å². The second-order valence-corrected chi connectivity index (χ2v) is 13.9. The van der Waals surface area contributed by atoms with Crippen molar-refractivity contribution >= 4 is 30.3 Å². The van der Waals surface area contributed by atoms with Crippen LogP contribution in [-0.4, -0.2) is 82.4 Å². The molecule has 1 unspecified atom stereocenters. The predicted octanol–water partition coefficient (Wildman–Crippen LogP) is 4.23. The highest BCUT2D eigenvalue weighted by Gasteiger charge is 2.53. The molecule has 1 aromatic rings. The summed E-state index contributed by atoms with van der Waals surface area (Å²) in [7, 11) is 0. The van der Waals surface area contributed by atoms with Crippen LogP contribution in [0.2, 0.25) is 0 Å². The van der Waals surface area contributed by atoms with Gasteiger partial charge in [-0.1, -0.05) is 51.1 Å². The largest absolute Gasteiger partial charge is 0.465 e. The first-order valence-corrected chi connectivity index (χ1v) is 14.8. The summed E-state index contributed by atoms with van der Waals surface area (Å²) >= 11 is 0. The molecule has 7 N–H and O–H groups in total. The zero-order chi connectivity index (χ0) is 34.6. The van der Waals surface area contributed by atoms with Gasteiger partial charge in [-0.25, -0.2) is 19.2 Å². The summed E-state index contributed by atoms with van der Waals surface area (Å²) in [5, 5.41) is 32.4. The monoisotopic (exact) mass is 637 g/mol. The summed E-state index contributed by atoms with van der Waals surface area (Å²) < 4.78 is 10.6. The number of amides is 5. The van der Waals surface area contributed by atoms with E-state index in [-0.39, 0.29) is 25.9 Å². The average Bonchev–Trinajstić information content (AvgIpc) is 2.85. The van der Waals surface area contributed by atoms with Gasteiger partial charge in [0.15, 0.2) is 0 Å². The Labute approximate surface area is 265 Å². The molecular weight excluding hydrogens is 586 g/mol. The number of benzene rings is 1. The summed E-state index contributed by atoms with van der Waals surface area (Å²) in [5.74, 6) is -0.806. The number of carboxylic acid groups (broad SMARTS) is 2. The fraction of sp³-hybridized carbons (Fsp3) is 0.645. The van der Waals surface area contributed by atoms with Crippen molar-refractivity contribution in [2.75, 3.05) is 13.1 Å². The van der Waals surface area contributed by atoms with Crippen LogP contribution >= 0.6 is 0 Å². The maximum absolute atomic E-state index is 13.8. The fourth-order valence-electron chi connectivity index (χ4n) is 4.63. The summed E-state index contributed by atoms with van der Waals surface area (Å²) in [6.45, 7) is 15.5. The quantitative estimate of drug-likeness (QED) is 0.154. The van der Waals surface area contributed by atoms with Crippen LogP contribution in [0.25, 0.3) is 0 Å². The van der Waals surface area contributed by atoms with E-state index in [1.165, 1.54) is 0 Å². The Morgan fingerprint density at radius 3 is 1.80 bits per heavy atom. The highest BCUT2D eigenvalue weighted by atomic mass is 16.6. The lowest BCUT2D eigenvalue weighted by atomic mass is 9.65. The van der Waals surface area contributed by atoms with Crippen molar-refractivity contribution in [3.05, 3.63) is 35.9 Å². The van der Waals surface area contributed by atoms with E-state index >= 15 is 0 Å². The maximum atomic E-state index is 13.8. The van der Waals surface area contributed by atoms with Crippen molar-refractivity contribution in [1.29, 1.82) is 0 Å². The van der Waals surface area contributed by atoms with Crippen molar-refractivity contribution < 1.29 is 43.7 Å². The lowest BCUT2D eigenvalue weighted by Crippen LogP contribution is -2.73. The number of nitrogens with one attached hydrogen (secondary N) is 5. The Kier molecular flexibility index (Phi) is 14.0. The van der Waals surface area contributed by atoms with Gasteiger partial charge in [-0.05, 0) is 71.8 Å². The molecule has 14 nitrogen and oxygen atoms in total. The van der Waals surface area contributed by atoms with Crippen molar-refractivity contribution in [3.63, 3.8) is 0 Å². The van der Waals surface area contributed by atoms with Crippen LogP contribution in [0.5, 0.6) is 0 Å². The molecule has 1 aromatic carbocycles. The average molecular weight is 638 g/mol. The summed E-state index contributed by atoms with van der Waals surface area (Å²) in [6, 6.07) is 6.54. The Hall–Kier alpha value is -4.23. The molecule has 0 bridgehead atoms. The van der Waals surface area contributed by atoms with E-state index in [4.69, 9.17) is 9.47 Å². The van der Waals surface area contributed by atoms with Crippen LogP contribution in [0.15, 0.2) is 30.3 Å². The normalized spacial score (nSPS) is 14.5. The van der Waals surface area contributed by atoms with Gasteiger partial charge in [0.25, 0.3) is 0 Å². The van der Waals surface area contributed by atoms with Gasteiger partial charge < -0.3 is 46.3 Å². The molecule has 0 radical (unpaired) electrons. The molecule has 0 saturated carbocycles. The number of rotatable bonds is 13. The Morgan fingerprint density at radius 1 is 0.756 bits per heavy atom. The van der Waals surface area contributed by atoms with Gasteiger partial charge in [0.2, 0.25) is 5.91 Å². The molecule has 0 aliphatic heterocycles. The molecule has 0 aromatic heterocycles. The zero-order valence-electron chi connectivity index (χ0n) is 27.8. The minimum atomic E-state index is -1.64. The molecule has 1 rings (SSSR count). The highest BCUT2D eigenvalue weighted by molar-refractivity contribution is 5.88. The molecule has 0 saturated heterocycles. The first-order chi connectivity index (χ1) is 20.5. The summed E-state index contributed by atoms with van der Waals surface area (Å²) in [6.07, 6.45) is -3.65. The number of carbonyl (C=O) groups is 5. The van der Waals surface area contributed by atoms with Gasteiger partial charge in [-0.15, -0.1) is 0 Å². The molecule has 0 fully saturated rings. The molecule has 3 atom stereocenters. The van der Waals surface area contributed by atoms with Gasteiger partial charge in [-0.2, -0.15) is 0 Å². The van der Waals surface area contributed by atoms with E-state index < -0.39 is 64.5 Å². The Morgan fingerprint density at radius 2 is 1.31 bits per heavy atom. The second kappa shape index (κ2) is 16.2. The Bertz CT molecular complexity index is 1160. The molecule has 0 aliphatic carbocycles. The van der Waals surface area contributed by atoms with Crippen LogP contribution in [0, 0.1) is 5.41 Å². The lowest BCUT2D eigenvalue weighted by Gasteiger charge is -2.49. The van der Waals surface area contributed by atoms with Gasteiger partial charge >= 0.3 is 24.4 Å². The van der Waals surface area contributed by atoms with Crippen LogP contribution < -0.4 is 26.6 Å². The molecule has 45 heavy (non-hydrogen) atoms. The fourth-order valence-corrected chi connectivity index (χ4v) is 4.63. The van der Waals surface area contributed by atoms with E-state index in [0.29, 0.717) is 12.0 Å². The van der Waals surface area contributed by atoms with Crippen molar-refractivity contribution in [2.24, 2.45) is 5.41 Å². The minimum absolute atomic E-state index is 0.0159. The first kappa shape index (κ1) is 38.8. The SMILES string of the molecule is CC(C)(C)OC(=O)NCCC[C@@H](CNC(=O)[C@@H](NC(=O)O)C(Cc1ccccc1)(NC(=O)O)C(C)(C)C)NC(=O)OC(C)(C)C. The van der Waals surface area contributed by atoms with Crippen molar-refractivity contribution in [1.82, 2.24) is 26.6 Å². The predicted molar refractivity (Wildman–Crippen MR) is 168 cm³/mol. The maximum Gasteiger partial charge on any atom is 0.407 e. The number of carbonyl (C=O) groups excluding carboxylic acids is 3. The molecule has 254 valence electrons. The molecular formula is C31H51N5O9. The first-order valence-electron chi connectivity index (χ1n) is 14.8. The molecule has 5 amide bonds. The summed E-state index contributed by atoms with van der Waals surface area (Å²) in [5.41, 5.74) is -3.41. The topological polar surface area (TPSA) is 204 Å². The number of hydrogen-bond donors (Lipinski definition) is 7. The Balaban J connectivity index is 3.29. The number of ether oxygens (including phenoxy) is 2. The highest BCUT2D eigenvalue weighted by Crippen LogP contribution is 2.37. The van der Waals surface area contributed by atoms with Crippen LogP contribution in [-0.2, 0) is 20.7 Å². The van der Waals surface area contributed by atoms with Crippen molar-refractivity contribution in [3.8, 4) is 0 Å². The van der Waals surface area contributed by atoms with E-state index in [9.17, 15) is 34.2 Å². The van der Waals surface area contributed by atoms with Gasteiger partial charge in [-0.3, -0.25) is 4.79 Å². The number of alkyl carbamates (subject to hydrolysis) is 2. The van der Waals surface area contributed by atoms with Crippen LogP contribution in [0.3, 0.4) is 0 Å². The van der Waals surface area contributed by atoms with Crippen molar-refractivity contribution in [2.45, 2.75) is 110 Å². The van der Waals surface area contributed by atoms with Gasteiger partial charge in [0, 0.05) is 19.1 Å². The molecule has 14 heteroatoms. The number of hydrogen-bond acceptors (Lipinski definition) is 7. The zero-order valence-corrected chi connectivity index (χ0v) is 27.8. The smallest absolute Gasteiger partial charge is 0.407 e. The molecule has 0 aliphatic rings. The van der Waals surface area contributed by atoms with E-state index in [1.807, 2.05) is 0 Å².